The third-order valence-corrected chi connectivity index (χ3v) is 3.67. The average Bonchev–Trinajstić information content (AvgIpc) is 2.61. The van der Waals surface area contributed by atoms with Gasteiger partial charge in [0.05, 0.1) is 18.7 Å². The highest BCUT2D eigenvalue weighted by atomic mass is 35.5. The maximum atomic E-state index is 12.3. The minimum atomic E-state index is -0.828. The first-order valence-corrected chi connectivity index (χ1v) is 7.54. The molecule has 0 fully saturated rings. The number of carbonyl (C=O) groups is 2. The predicted molar refractivity (Wildman–Crippen MR) is 89.6 cm³/mol. The number of hydrogen-bond donors (Lipinski definition) is 1. The van der Waals surface area contributed by atoms with Crippen LogP contribution >= 0.6 is 11.6 Å². The number of amides is 1. The Kier molecular flexibility index (Phi) is 5.94. The zero-order valence-electron chi connectivity index (χ0n) is 13.0. The Balaban J connectivity index is 2.12. The lowest BCUT2D eigenvalue weighted by Gasteiger charge is -2.16. The normalized spacial score (nSPS) is 11.2. The fraction of sp³-hybridized carbons (Fsp3) is 0.167. The predicted octanol–water partition coefficient (Wildman–Crippen LogP) is 2.73. The van der Waals surface area contributed by atoms with Gasteiger partial charge in [0.25, 0.3) is 5.91 Å². The first kappa shape index (κ1) is 17.5. The Hall–Kier alpha value is -2.84. The molecule has 0 aromatic heterocycles. The molecular weight excluding hydrogens is 328 g/mol. The number of nitrogens with zero attached hydrogens (tertiary/aromatic N) is 1. The van der Waals surface area contributed by atoms with Gasteiger partial charge in [-0.2, -0.15) is 5.26 Å². The van der Waals surface area contributed by atoms with Crippen LogP contribution in [0.15, 0.2) is 48.5 Å². The third-order valence-electron chi connectivity index (χ3n) is 3.42. The van der Waals surface area contributed by atoms with Crippen molar-refractivity contribution in [1.29, 1.82) is 5.26 Å². The van der Waals surface area contributed by atoms with Gasteiger partial charge in [0.1, 0.15) is 6.04 Å². The topological polar surface area (TPSA) is 79.2 Å². The molecule has 0 bridgehead atoms. The number of nitriles is 1. The average molecular weight is 343 g/mol. The molecule has 1 atom stereocenters. The molecule has 0 saturated carbocycles. The zero-order valence-corrected chi connectivity index (χ0v) is 13.7. The van der Waals surface area contributed by atoms with Crippen LogP contribution in [-0.2, 0) is 16.0 Å². The highest BCUT2D eigenvalue weighted by Gasteiger charge is 2.22. The van der Waals surface area contributed by atoms with E-state index in [1.54, 1.807) is 48.5 Å². The molecule has 6 heteroatoms. The highest BCUT2D eigenvalue weighted by Crippen LogP contribution is 2.11. The van der Waals surface area contributed by atoms with Crippen molar-refractivity contribution in [2.24, 2.45) is 0 Å². The van der Waals surface area contributed by atoms with Gasteiger partial charge >= 0.3 is 5.97 Å². The van der Waals surface area contributed by atoms with Crippen molar-refractivity contribution in [3.05, 3.63) is 70.2 Å². The van der Waals surface area contributed by atoms with Crippen molar-refractivity contribution >= 4 is 23.5 Å². The van der Waals surface area contributed by atoms with Gasteiger partial charge in [0.15, 0.2) is 0 Å². The van der Waals surface area contributed by atoms with E-state index in [4.69, 9.17) is 21.6 Å². The molecule has 2 aromatic carbocycles. The van der Waals surface area contributed by atoms with Gasteiger partial charge in [0, 0.05) is 17.0 Å². The monoisotopic (exact) mass is 342 g/mol. The second-order valence-electron chi connectivity index (χ2n) is 5.07. The fourth-order valence-electron chi connectivity index (χ4n) is 2.13. The number of halogens is 1. The second-order valence-corrected chi connectivity index (χ2v) is 5.51. The van der Waals surface area contributed by atoms with Gasteiger partial charge in [-0.15, -0.1) is 0 Å². The summed E-state index contributed by atoms with van der Waals surface area (Å²) < 4.78 is 4.76. The molecule has 1 amide bonds. The van der Waals surface area contributed by atoms with E-state index in [9.17, 15) is 9.59 Å². The van der Waals surface area contributed by atoms with Crippen LogP contribution in [0, 0.1) is 11.3 Å². The largest absolute Gasteiger partial charge is 0.467 e. The lowest BCUT2D eigenvalue weighted by Crippen LogP contribution is -2.43. The number of ether oxygens (including phenoxy) is 1. The first-order valence-electron chi connectivity index (χ1n) is 7.17. The minimum Gasteiger partial charge on any atom is -0.467 e. The highest BCUT2D eigenvalue weighted by molar-refractivity contribution is 6.30. The van der Waals surface area contributed by atoms with Crippen molar-refractivity contribution < 1.29 is 14.3 Å². The van der Waals surface area contributed by atoms with Crippen LogP contribution in [0.5, 0.6) is 0 Å². The van der Waals surface area contributed by atoms with E-state index in [0.29, 0.717) is 16.1 Å². The van der Waals surface area contributed by atoms with Crippen molar-refractivity contribution in [3.8, 4) is 6.07 Å². The van der Waals surface area contributed by atoms with Gasteiger partial charge in [-0.05, 0) is 42.0 Å². The summed E-state index contributed by atoms with van der Waals surface area (Å²) in [7, 11) is 1.27. The summed E-state index contributed by atoms with van der Waals surface area (Å²) in [5, 5.41) is 12.0. The van der Waals surface area contributed by atoms with Crippen LogP contribution in [0.1, 0.15) is 21.5 Å². The van der Waals surface area contributed by atoms with Gasteiger partial charge in [-0.1, -0.05) is 23.7 Å². The van der Waals surface area contributed by atoms with Crippen LogP contribution in [0.2, 0.25) is 5.02 Å². The Morgan fingerprint density at radius 3 is 2.33 bits per heavy atom. The maximum Gasteiger partial charge on any atom is 0.328 e. The van der Waals surface area contributed by atoms with Crippen molar-refractivity contribution in [1.82, 2.24) is 5.32 Å². The molecule has 0 heterocycles. The van der Waals surface area contributed by atoms with Gasteiger partial charge in [-0.3, -0.25) is 4.79 Å². The van der Waals surface area contributed by atoms with Gasteiger partial charge in [0.2, 0.25) is 0 Å². The molecule has 0 radical (unpaired) electrons. The third kappa shape index (κ3) is 4.58. The standard InChI is InChI=1S/C18H15ClN2O3/c1-24-18(23)16(10-12-2-4-13(11-20)5-3-12)21-17(22)14-6-8-15(19)9-7-14/h2-9,16H,10H2,1H3,(H,21,22)/t16-/m0/s1. The van der Waals surface area contributed by atoms with Crippen molar-refractivity contribution in [2.75, 3.05) is 7.11 Å². The van der Waals surface area contributed by atoms with E-state index >= 15 is 0 Å². The summed E-state index contributed by atoms with van der Waals surface area (Å²) in [6, 6.07) is 14.3. The Morgan fingerprint density at radius 1 is 1.17 bits per heavy atom. The molecule has 2 rings (SSSR count). The molecule has 2 aromatic rings. The summed E-state index contributed by atoms with van der Waals surface area (Å²) in [6.07, 6.45) is 0.262. The summed E-state index contributed by atoms with van der Waals surface area (Å²) in [6.45, 7) is 0. The van der Waals surface area contributed by atoms with Crippen LogP contribution < -0.4 is 5.32 Å². The Labute approximate surface area is 144 Å². The SMILES string of the molecule is COC(=O)[C@H](Cc1ccc(C#N)cc1)NC(=O)c1ccc(Cl)cc1. The molecule has 24 heavy (non-hydrogen) atoms. The number of rotatable bonds is 5. The molecule has 1 N–H and O–H groups in total. The van der Waals surface area contributed by atoms with E-state index in [2.05, 4.69) is 5.32 Å². The summed E-state index contributed by atoms with van der Waals surface area (Å²) in [5.74, 6) is -0.933. The quantitative estimate of drug-likeness (QED) is 0.847. The van der Waals surface area contributed by atoms with Crippen LogP contribution in [0.4, 0.5) is 0 Å². The smallest absolute Gasteiger partial charge is 0.328 e. The molecular formula is C18H15ClN2O3. The Morgan fingerprint density at radius 2 is 1.79 bits per heavy atom. The molecule has 122 valence electrons. The summed E-state index contributed by atoms with van der Waals surface area (Å²) in [5.41, 5.74) is 1.73. The molecule has 0 saturated heterocycles. The molecule has 0 aliphatic carbocycles. The zero-order chi connectivity index (χ0) is 17.5. The summed E-state index contributed by atoms with van der Waals surface area (Å²) >= 11 is 5.80. The van der Waals surface area contributed by atoms with Gasteiger partial charge < -0.3 is 10.1 Å². The van der Waals surface area contributed by atoms with Crippen molar-refractivity contribution in [3.63, 3.8) is 0 Å². The van der Waals surface area contributed by atoms with E-state index in [-0.39, 0.29) is 6.42 Å². The number of esters is 1. The molecule has 0 aliphatic rings. The van der Waals surface area contributed by atoms with Crippen LogP contribution in [-0.4, -0.2) is 25.0 Å². The number of carbonyl (C=O) groups excluding carboxylic acids is 2. The second kappa shape index (κ2) is 8.14. The van der Waals surface area contributed by atoms with Crippen LogP contribution in [0.3, 0.4) is 0 Å². The maximum absolute atomic E-state index is 12.3. The van der Waals surface area contributed by atoms with E-state index in [0.717, 1.165) is 5.56 Å². The minimum absolute atomic E-state index is 0.262. The van der Waals surface area contributed by atoms with Crippen LogP contribution in [0.25, 0.3) is 0 Å². The number of nitrogens with one attached hydrogen (secondary N) is 1. The fourth-order valence-corrected chi connectivity index (χ4v) is 2.26. The molecule has 0 unspecified atom stereocenters. The van der Waals surface area contributed by atoms with E-state index in [1.165, 1.54) is 7.11 Å². The lowest BCUT2D eigenvalue weighted by molar-refractivity contribution is -0.142. The number of benzene rings is 2. The first-order chi connectivity index (χ1) is 11.5. The number of methoxy groups -OCH3 is 1. The van der Waals surface area contributed by atoms with Gasteiger partial charge in [-0.25, -0.2) is 4.79 Å². The molecule has 0 spiro atoms. The lowest BCUT2D eigenvalue weighted by atomic mass is 10.0. The van der Waals surface area contributed by atoms with E-state index < -0.39 is 17.9 Å². The molecule has 5 nitrogen and oxygen atoms in total. The number of hydrogen-bond acceptors (Lipinski definition) is 4. The Bertz CT molecular complexity index is 764. The van der Waals surface area contributed by atoms with Crippen molar-refractivity contribution in [2.45, 2.75) is 12.5 Å². The van der Waals surface area contributed by atoms with E-state index in [1.807, 2.05) is 6.07 Å². The summed E-state index contributed by atoms with van der Waals surface area (Å²) in [4.78, 5) is 24.2. The molecule has 0 aliphatic heterocycles.